The summed E-state index contributed by atoms with van der Waals surface area (Å²) in [6.45, 7) is 4.71. The van der Waals surface area contributed by atoms with E-state index in [0.29, 0.717) is 6.61 Å². The highest BCUT2D eigenvalue weighted by molar-refractivity contribution is 7.85. The molecule has 102 valence electrons. The van der Waals surface area contributed by atoms with Crippen molar-refractivity contribution in [3.63, 3.8) is 0 Å². The van der Waals surface area contributed by atoms with Gasteiger partial charge < -0.3 is 9.47 Å². The van der Waals surface area contributed by atoms with E-state index in [2.05, 4.69) is 0 Å². The number of ether oxygens (including phenoxy) is 2. The van der Waals surface area contributed by atoms with E-state index in [4.69, 9.17) is 13.7 Å². The van der Waals surface area contributed by atoms with Gasteiger partial charge in [0.15, 0.2) is 6.29 Å². The molecule has 1 fully saturated rings. The van der Waals surface area contributed by atoms with Crippen LogP contribution in [0.5, 0.6) is 0 Å². The van der Waals surface area contributed by atoms with Crippen molar-refractivity contribution in [1.82, 2.24) is 0 Å². The fraction of sp³-hybridized carbons (Fsp3) is 1.00. The lowest BCUT2D eigenvalue weighted by Gasteiger charge is -2.29. The summed E-state index contributed by atoms with van der Waals surface area (Å²) in [6, 6.07) is 0. The Bertz CT molecular complexity index is 306. The maximum Gasteiger partial charge on any atom is 0.264 e. The van der Waals surface area contributed by atoms with Gasteiger partial charge >= 0.3 is 0 Å². The van der Waals surface area contributed by atoms with Crippen molar-refractivity contribution in [1.29, 1.82) is 0 Å². The van der Waals surface area contributed by atoms with E-state index in [-0.39, 0.29) is 24.9 Å². The van der Waals surface area contributed by atoms with Crippen LogP contribution in [0.25, 0.3) is 0 Å². The van der Waals surface area contributed by atoms with Crippen LogP contribution in [0.15, 0.2) is 0 Å². The topological polar surface area (TPSA) is 61.8 Å². The third-order valence-electron chi connectivity index (χ3n) is 2.65. The van der Waals surface area contributed by atoms with E-state index in [9.17, 15) is 8.42 Å². The Morgan fingerprint density at radius 3 is 2.53 bits per heavy atom. The molecule has 5 nitrogen and oxygen atoms in total. The molecular weight excluding hydrogens is 244 g/mol. The molecule has 0 aliphatic carbocycles. The van der Waals surface area contributed by atoms with Crippen molar-refractivity contribution in [3.05, 3.63) is 0 Å². The second-order valence-electron chi connectivity index (χ2n) is 4.70. The van der Waals surface area contributed by atoms with Crippen LogP contribution in [0, 0.1) is 5.92 Å². The van der Waals surface area contributed by atoms with Crippen LogP contribution in [0.4, 0.5) is 0 Å². The molecule has 0 aromatic rings. The van der Waals surface area contributed by atoms with Gasteiger partial charge in [-0.05, 0) is 25.2 Å². The van der Waals surface area contributed by atoms with Crippen molar-refractivity contribution in [3.8, 4) is 0 Å². The molecule has 0 spiro atoms. The van der Waals surface area contributed by atoms with Gasteiger partial charge in [-0.25, -0.2) is 0 Å². The van der Waals surface area contributed by atoms with Gasteiger partial charge in [0.2, 0.25) is 0 Å². The fourth-order valence-electron chi connectivity index (χ4n) is 1.59. The first kappa shape index (κ1) is 14.9. The Morgan fingerprint density at radius 2 is 2.06 bits per heavy atom. The monoisotopic (exact) mass is 266 g/mol. The van der Waals surface area contributed by atoms with Crippen molar-refractivity contribution in [2.24, 2.45) is 5.92 Å². The van der Waals surface area contributed by atoms with E-state index >= 15 is 0 Å². The number of rotatable bonds is 6. The quantitative estimate of drug-likeness (QED) is 0.682. The predicted octanol–water partition coefficient (Wildman–Crippen LogP) is 1.53. The first-order valence-electron chi connectivity index (χ1n) is 6.00. The zero-order valence-electron chi connectivity index (χ0n) is 10.7. The van der Waals surface area contributed by atoms with E-state index in [1.54, 1.807) is 0 Å². The standard InChI is InChI=1S/C11H22O5S/c1-9(2)10(8-15-17(3,12)13)16-11-6-4-5-7-14-11/h9-11H,4-8H2,1-3H3/t10-,11?/m1/s1. The summed E-state index contributed by atoms with van der Waals surface area (Å²) in [5.41, 5.74) is 0. The molecule has 0 radical (unpaired) electrons. The summed E-state index contributed by atoms with van der Waals surface area (Å²) in [5.74, 6) is 0.183. The minimum atomic E-state index is -3.41. The number of hydrogen-bond donors (Lipinski definition) is 0. The average Bonchev–Trinajstić information content (AvgIpc) is 2.24. The Hall–Kier alpha value is -0.170. The van der Waals surface area contributed by atoms with Gasteiger partial charge in [0, 0.05) is 6.61 Å². The summed E-state index contributed by atoms with van der Waals surface area (Å²) in [4.78, 5) is 0. The smallest absolute Gasteiger partial charge is 0.264 e. The molecule has 6 heteroatoms. The first-order chi connectivity index (χ1) is 7.88. The van der Waals surface area contributed by atoms with Crippen LogP contribution < -0.4 is 0 Å². The average molecular weight is 266 g/mol. The van der Waals surface area contributed by atoms with Gasteiger partial charge in [0.1, 0.15) is 0 Å². The minimum absolute atomic E-state index is 0.0519. The molecule has 0 amide bonds. The van der Waals surface area contributed by atoms with Crippen LogP contribution in [-0.2, 0) is 23.8 Å². The largest absolute Gasteiger partial charge is 0.353 e. The van der Waals surface area contributed by atoms with Crippen molar-refractivity contribution in [2.45, 2.75) is 45.5 Å². The van der Waals surface area contributed by atoms with Gasteiger partial charge in [0.25, 0.3) is 10.1 Å². The molecule has 0 bridgehead atoms. The van der Waals surface area contributed by atoms with Crippen LogP contribution >= 0.6 is 0 Å². The lowest BCUT2D eigenvalue weighted by Crippen LogP contribution is -2.34. The van der Waals surface area contributed by atoms with Crippen molar-refractivity contribution < 1.29 is 22.1 Å². The highest BCUT2D eigenvalue weighted by Gasteiger charge is 2.23. The summed E-state index contributed by atoms with van der Waals surface area (Å²) >= 11 is 0. The SMILES string of the molecule is CC(C)[C@@H](COS(C)(=O)=O)OC1CCCCO1. The molecule has 0 aromatic heterocycles. The Balaban J connectivity index is 2.42. The van der Waals surface area contributed by atoms with Gasteiger partial charge in [-0.15, -0.1) is 0 Å². The second kappa shape index (κ2) is 6.68. The Kier molecular flexibility index (Phi) is 5.85. The Morgan fingerprint density at radius 1 is 1.35 bits per heavy atom. The van der Waals surface area contributed by atoms with Crippen molar-refractivity contribution in [2.75, 3.05) is 19.5 Å². The summed E-state index contributed by atoms with van der Waals surface area (Å²) in [7, 11) is -3.41. The lowest BCUT2D eigenvalue weighted by atomic mass is 10.1. The third-order valence-corrected chi connectivity index (χ3v) is 3.22. The summed E-state index contributed by atoms with van der Waals surface area (Å²) < 4.78 is 37.9. The molecule has 0 N–H and O–H groups in total. The molecule has 0 saturated carbocycles. The van der Waals surface area contributed by atoms with E-state index < -0.39 is 10.1 Å². The molecule has 1 unspecified atom stereocenters. The van der Waals surface area contributed by atoms with E-state index in [1.807, 2.05) is 13.8 Å². The van der Waals surface area contributed by atoms with Crippen LogP contribution in [0.3, 0.4) is 0 Å². The van der Waals surface area contributed by atoms with Crippen molar-refractivity contribution >= 4 is 10.1 Å². The van der Waals surface area contributed by atoms with E-state index in [1.165, 1.54) is 0 Å². The van der Waals surface area contributed by atoms with Gasteiger partial charge in [0.05, 0.1) is 19.0 Å². The van der Waals surface area contributed by atoms with E-state index in [0.717, 1.165) is 25.5 Å². The second-order valence-corrected chi connectivity index (χ2v) is 6.35. The molecule has 1 saturated heterocycles. The molecule has 0 aromatic carbocycles. The molecule has 1 heterocycles. The summed E-state index contributed by atoms with van der Waals surface area (Å²) in [6.07, 6.45) is 3.57. The minimum Gasteiger partial charge on any atom is -0.353 e. The third kappa shape index (κ3) is 6.35. The Labute approximate surface area is 104 Å². The van der Waals surface area contributed by atoms with Crippen LogP contribution in [0.1, 0.15) is 33.1 Å². The zero-order valence-corrected chi connectivity index (χ0v) is 11.5. The fourth-order valence-corrected chi connectivity index (χ4v) is 1.97. The highest BCUT2D eigenvalue weighted by atomic mass is 32.2. The molecule has 17 heavy (non-hydrogen) atoms. The molecule has 1 aliphatic heterocycles. The van der Waals surface area contributed by atoms with Crippen LogP contribution in [0.2, 0.25) is 0 Å². The van der Waals surface area contributed by atoms with Crippen LogP contribution in [-0.4, -0.2) is 40.3 Å². The molecule has 1 rings (SSSR count). The maximum atomic E-state index is 10.9. The summed E-state index contributed by atoms with van der Waals surface area (Å²) in [5, 5.41) is 0. The highest BCUT2D eigenvalue weighted by Crippen LogP contribution is 2.19. The van der Waals surface area contributed by atoms with Gasteiger partial charge in [-0.1, -0.05) is 13.8 Å². The first-order valence-corrected chi connectivity index (χ1v) is 7.81. The van der Waals surface area contributed by atoms with Gasteiger partial charge in [-0.2, -0.15) is 8.42 Å². The molecule has 2 atom stereocenters. The molecule has 1 aliphatic rings. The maximum absolute atomic E-state index is 10.9. The van der Waals surface area contributed by atoms with Gasteiger partial charge in [-0.3, -0.25) is 4.18 Å². The molecular formula is C11H22O5S. The predicted molar refractivity (Wildman–Crippen MR) is 64.1 cm³/mol. The zero-order chi connectivity index (χ0) is 12.9. The number of hydrogen-bond acceptors (Lipinski definition) is 5. The lowest BCUT2D eigenvalue weighted by molar-refractivity contribution is -0.201. The normalized spacial score (nSPS) is 23.9.